The van der Waals surface area contributed by atoms with Crippen molar-refractivity contribution in [2.45, 2.75) is 58.7 Å². The molecular formula is C16H24O2. The van der Waals surface area contributed by atoms with Crippen LogP contribution in [0.15, 0.2) is 18.2 Å². The van der Waals surface area contributed by atoms with Crippen LogP contribution >= 0.6 is 0 Å². The van der Waals surface area contributed by atoms with E-state index in [9.17, 15) is 0 Å². The fraction of sp³-hybridized carbons (Fsp3) is 0.625. The molecule has 2 rings (SSSR count). The van der Waals surface area contributed by atoms with Gasteiger partial charge in [-0.3, -0.25) is 0 Å². The van der Waals surface area contributed by atoms with Crippen molar-refractivity contribution < 1.29 is 9.47 Å². The Hall–Kier alpha value is -1.02. The van der Waals surface area contributed by atoms with Gasteiger partial charge in [-0.15, -0.1) is 0 Å². The molecule has 1 saturated heterocycles. The third-order valence-corrected chi connectivity index (χ3v) is 3.62. The summed E-state index contributed by atoms with van der Waals surface area (Å²) in [7, 11) is 0. The molecule has 0 saturated carbocycles. The zero-order valence-electron chi connectivity index (χ0n) is 11.9. The predicted octanol–water partition coefficient (Wildman–Crippen LogP) is 4.06. The van der Waals surface area contributed by atoms with Gasteiger partial charge >= 0.3 is 0 Å². The van der Waals surface area contributed by atoms with Crippen molar-refractivity contribution in [1.29, 1.82) is 0 Å². The Labute approximate surface area is 110 Å². The van der Waals surface area contributed by atoms with E-state index in [2.05, 4.69) is 45.9 Å². The number of hydrogen-bond acceptors (Lipinski definition) is 2. The third kappa shape index (κ3) is 3.26. The van der Waals surface area contributed by atoms with Crippen molar-refractivity contribution in [3.8, 4) is 5.75 Å². The smallest absolute Gasteiger partial charge is 0.122 e. The first-order chi connectivity index (χ1) is 8.56. The molecule has 18 heavy (non-hydrogen) atoms. The van der Waals surface area contributed by atoms with Gasteiger partial charge in [-0.25, -0.2) is 0 Å². The highest BCUT2D eigenvalue weighted by Gasteiger charge is 2.22. The zero-order chi connectivity index (χ0) is 13.1. The number of rotatable bonds is 4. The Balaban J connectivity index is 1.97. The van der Waals surface area contributed by atoms with Crippen LogP contribution < -0.4 is 4.74 Å². The van der Waals surface area contributed by atoms with Gasteiger partial charge in [-0.1, -0.05) is 26.0 Å². The first-order valence-electron chi connectivity index (χ1n) is 6.95. The van der Waals surface area contributed by atoms with Gasteiger partial charge in [0.1, 0.15) is 12.4 Å². The third-order valence-electron chi connectivity index (χ3n) is 3.62. The lowest BCUT2D eigenvalue weighted by molar-refractivity contribution is 0.0263. The first-order valence-corrected chi connectivity index (χ1v) is 6.95. The van der Waals surface area contributed by atoms with Crippen LogP contribution in [0.4, 0.5) is 0 Å². The average molecular weight is 248 g/mol. The van der Waals surface area contributed by atoms with Crippen LogP contribution in [0.3, 0.4) is 0 Å². The second-order valence-corrected chi connectivity index (χ2v) is 5.64. The minimum Gasteiger partial charge on any atom is -0.491 e. The fourth-order valence-corrected chi connectivity index (χ4v) is 2.32. The highest BCUT2D eigenvalue weighted by Crippen LogP contribution is 2.26. The molecule has 1 aliphatic rings. The summed E-state index contributed by atoms with van der Waals surface area (Å²) in [5, 5.41) is 0. The van der Waals surface area contributed by atoms with Gasteiger partial charge in [-0.2, -0.15) is 0 Å². The molecule has 2 unspecified atom stereocenters. The highest BCUT2D eigenvalue weighted by molar-refractivity contribution is 5.37. The number of aryl methyl sites for hydroxylation is 1. The highest BCUT2D eigenvalue weighted by atomic mass is 16.5. The van der Waals surface area contributed by atoms with Crippen molar-refractivity contribution in [2.75, 3.05) is 6.61 Å². The van der Waals surface area contributed by atoms with Crippen LogP contribution in [0.25, 0.3) is 0 Å². The van der Waals surface area contributed by atoms with Crippen LogP contribution in [-0.4, -0.2) is 18.8 Å². The average Bonchev–Trinajstić information content (AvgIpc) is 2.74. The first kappa shape index (κ1) is 13.4. The summed E-state index contributed by atoms with van der Waals surface area (Å²) in [6.07, 6.45) is 2.92. The molecule has 0 N–H and O–H groups in total. The summed E-state index contributed by atoms with van der Waals surface area (Å²) in [5.74, 6) is 1.54. The maximum Gasteiger partial charge on any atom is 0.122 e. The van der Waals surface area contributed by atoms with Crippen LogP contribution in [0.1, 0.15) is 50.7 Å². The summed E-state index contributed by atoms with van der Waals surface area (Å²) < 4.78 is 11.7. The molecule has 1 aliphatic heterocycles. The molecule has 1 fully saturated rings. The second-order valence-electron chi connectivity index (χ2n) is 5.64. The Morgan fingerprint density at radius 3 is 2.72 bits per heavy atom. The van der Waals surface area contributed by atoms with Crippen molar-refractivity contribution in [1.82, 2.24) is 0 Å². The molecule has 0 radical (unpaired) electrons. The molecule has 2 atom stereocenters. The van der Waals surface area contributed by atoms with Gasteiger partial charge in [0.25, 0.3) is 0 Å². The van der Waals surface area contributed by atoms with Crippen molar-refractivity contribution in [2.24, 2.45) is 0 Å². The van der Waals surface area contributed by atoms with Crippen molar-refractivity contribution in [3.63, 3.8) is 0 Å². The van der Waals surface area contributed by atoms with E-state index in [4.69, 9.17) is 9.47 Å². The Morgan fingerprint density at radius 1 is 1.33 bits per heavy atom. The van der Waals surface area contributed by atoms with Gasteiger partial charge < -0.3 is 9.47 Å². The van der Waals surface area contributed by atoms with Crippen LogP contribution in [-0.2, 0) is 4.74 Å². The summed E-state index contributed by atoms with van der Waals surface area (Å²) >= 11 is 0. The number of hydrogen-bond donors (Lipinski definition) is 0. The molecule has 2 nitrogen and oxygen atoms in total. The van der Waals surface area contributed by atoms with Gasteiger partial charge in [0.05, 0.1) is 12.2 Å². The lowest BCUT2D eigenvalue weighted by Gasteiger charge is -2.16. The topological polar surface area (TPSA) is 18.5 Å². The van der Waals surface area contributed by atoms with Crippen LogP contribution in [0, 0.1) is 6.92 Å². The van der Waals surface area contributed by atoms with Gasteiger partial charge in [0.2, 0.25) is 0 Å². The van der Waals surface area contributed by atoms with Crippen LogP contribution in [0.2, 0.25) is 0 Å². The summed E-state index contributed by atoms with van der Waals surface area (Å²) in [4.78, 5) is 0. The summed E-state index contributed by atoms with van der Waals surface area (Å²) in [6, 6.07) is 6.49. The van der Waals surface area contributed by atoms with E-state index < -0.39 is 0 Å². The van der Waals surface area contributed by atoms with E-state index in [1.807, 2.05) is 0 Å². The lowest BCUT2D eigenvalue weighted by atomic mass is 10.0. The molecule has 1 heterocycles. The molecule has 0 amide bonds. The van der Waals surface area contributed by atoms with Gasteiger partial charge in [-0.05, 0) is 49.8 Å². The Kier molecular flexibility index (Phi) is 4.28. The lowest BCUT2D eigenvalue weighted by Crippen LogP contribution is -2.18. The monoisotopic (exact) mass is 248 g/mol. The summed E-state index contributed by atoms with van der Waals surface area (Å²) in [5.41, 5.74) is 2.53. The molecule has 0 bridgehead atoms. The van der Waals surface area contributed by atoms with Gasteiger partial charge in [0.15, 0.2) is 0 Å². The van der Waals surface area contributed by atoms with Crippen molar-refractivity contribution in [3.05, 3.63) is 29.3 Å². The van der Waals surface area contributed by atoms with E-state index in [0.29, 0.717) is 18.6 Å². The molecule has 2 heteroatoms. The summed E-state index contributed by atoms with van der Waals surface area (Å²) in [6.45, 7) is 9.31. The van der Waals surface area contributed by atoms with Crippen molar-refractivity contribution >= 4 is 0 Å². The van der Waals surface area contributed by atoms with E-state index in [-0.39, 0.29) is 6.10 Å². The Bertz CT molecular complexity index is 398. The largest absolute Gasteiger partial charge is 0.491 e. The maximum atomic E-state index is 5.93. The van der Waals surface area contributed by atoms with Crippen LogP contribution in [0.5, 0.6) is 5.75 Å². The number of ether oxygens (including phenoxy) is 2. The fourth-order valence-electron chi connectivity index (χ4n) is 2.32. The normalized spacial score (nSPS) is 23.6. The maximum absolute atomic E-state index is 5.93. The SMILES string of the molecule is Cc1ccc(C(C)C)cc1OCC1CCC(C)O1. The molecule has 0 aliphatic carbocycles. The van der Waals surface area contributed by atoms with E-state index in [0.717, 1.165) is 18.6 Å². The standard InChI is InChI=1S/C16H24O2/c1-11(2)14-7-5-12(3)16(9-14)17-10-15-8-6-13(4)18-15/h5,7,9,11,13,15H,6,8,10H2,1-4H3. The van der Waals surface area contributed by atoms with E-state index >= 15 is 0 Å². The predicted molar refractivity (Wildman–Crippen MR) is 74.3 cm³/mol. The minimum absolute atomic E-state index is 0.266. The van der Waals surface area contributed by atoms with E-state index in [1.165, 1.54) is 11.1 Å². The zero-order valence-corrected chi connectivity index (χ0v) is 11.9. The van der Waals surface area contributed by atoms with Gasteiger partial charge in [0, 0.05) is 0 Å². The molecule has 100 valence electrons. The molecule has 1 aromatic carbocycles. The quantitative estimate of drug-likeness (QED) is 0.800. The molecule has 0 spiro atoms. The number of benzene rings is 1. The van der Waals surface area contributed by atoms with E-state index in [1.54, 1.807) is 0 Å². The molecular weight excluding hydrogens is 224 g/mol. The second kappa shape index (κ2) is 5.75. The Morgan fingerprint density at radius 2 is 2.11 bits per heavy atom. The molecule has 0 aromatic heterocycles. The molecule has 1 aromatic rings. The minimum atomic E-state index is 0.266.